The molecule has 4 N–H and O–H groups in total. The van der Waals surface area contributed by atoms with E-state index < -0.39 is 34.8 Å². The number of fused-ring (bicyclic) bond motifs is 2. The van der Waals surface area contributed by atoms with Crippen molar-refractivity contribution in [3.8, 4) is 11.4 Å². The van der Waals surface area contributed by atoms with Gasteiger partial charge in [0.2, 0.25) is 0 Å². The molecule has 1 aliphatic heterocycles. The lowest BCUT2D eigenvalue weighted by Crippen LogP contribution is -2.49. The number of hydrogen-bond acceptors (Lipinski definition) is 8. The highest BCUT2D eigenvalue weighted by Gasteiger charge is 2.39. The summed E-state index contributed by atoms with van der Waals surface area (Å²) in [6, 6.07) is 20.4. The van der Waals surface area contributed by atoms with Crippen molar-refractivity contribution in [2.75, 3.05) is 32.0 Å². The van der Waals surface area contributed by atoms with Gasteiger partial charge >= 0.3 is 12.3 Å². The molecule has 47 heavy (non-hydrogen) atoms. The summed E-state index contributed by atoms with van der Waals surface area (Å²) in [7, 11) is 1.85. The molecule has 1 atom stereocenters. The van der Waals surface area contributed by atoms with Crippen LogP contribution in [0.2, 0.25) is 0 Å². The summed E-state index contributed by atoms with van der Waals surface area (Å²) >= 11 is 0. The number of H-pyrrole nitrogens is 3. The number of piperazine rings is 1. The van der Waals surface area contributed by atoms with Gasteiger partial charge in [-0.2, -0.15) is 18.3 Å². The number of alkyl halides is 3. The van der Waals surface area contributed by atoms with Crippen LogP contribution in [0.4, 0.5) is 29.6 Å². The molecule has 1 fully saturated rings. The normalized spacial score (nSPS) is 15.7. The molecule has 1 aliphatic rings. The fourth-order valence-electron chi connectivity index (χ4n) is 5.78. The molecule has 15 heteroatoms. The molecular formula is C32H28F3N9O3. The third-order valence-electron chi connectivity index (χ3n) is 8.18. The number of benzene rings is 3. The van der Waals surface area contributed by atoms with Crippen LogP contribution in [0.25, 0.3) is 33.2 Å². The van der Waals surface area contributed by atoms with Crippen molar-refractivity contribution in [1.82, 2.24) is 40.2 Å². The van der Waals surface area contributed by atoms with Gasteiger partial charge in [-0.15, -0.1) is 0 Å². The number of nitrogens with one attached hydrogen (secondary N) is 4. The van der Waals surface area contributed by atoms with Crippen LogP contribution < -0.4 is 10.9 Å². The lowest BCUT2D eigenvalue weighted by Gasteiger charge is -2.38. The van der Waals surface area contributed by atoms with Crippen molar-refractivity contribution < 1.29 is 22.7 Å². The van der Waals surface area contributed by atoms with Crippen LogP contribution in [0.1, 0.15) is 22.9 Å². The van der Waals surface area contributed by atoms with Gasteiger partial charge < -0.3 is 15.0 Å². The quantitative estimate of drug-likeness (QED) is 0.184. The summed E-state index contributed by atoms with van der Waals surface area (Å²) < 4.78 is 49.5. The van der Waals surface area contributed by atoms with E-state index >= 15 is 0 Å². The molecule has 7 rings (SSSR count). The number of anilines is 2. The Balaban J connectivity index is 1.30. The van der Waals surface area contributed by atoms with Gasteiger partial charge in [0.1, 0.15) is 12.4 Å². The molecule has 3 aromatic heterocycles. The minimum Gasteiger partial charge on any atom is -0.445 e. The molecule has 1 amide bonds. The smallest absolute Gasteiger partial charge is 0.417 e. The Morgan fingerprint density at radius 3 is 2.60 bits per heavy atom. The van der Waals surface area contributed by atoms with Gasteiger partial charge in [0, 0.05) is 36.7 Å². The summed E-state index contributed by atoms with van der Waals surface area (Å²) in [5.41, 5.74) is -0.497. The molecule has 0 radical (unpaired) electrons. The molecule has 240 valence electrons. The summed E-state index contributed by atoms with van der Waals surface area (Å²) in [4.78, 5) is 38.3. The Hall–Kier alpha value is -5.70. The maximum Gasteiger partial charge on any atom is 0.417 e. The maximum absolute atomic E-state index is 14.6. The van der Waals surface area contributed by atoms with Gasteiger partial charge in [0.25, 0.3) is 5.56 Å². The second-order valence-corrected chi connectivity index (χ2v) is 11.2. The molecule has 0 spiro atoms. The van der Waals surface area contributed by atoms with Crippen molar-refractivity contribution >= 4 is 39.5 Å². The van der Waals surface area contributed by atoms with Crippen molar-refractivity contribution in [1.29, 1.82) is 0 Å². The number of carbonyl (C=O) groups is 1. The van der Waals surface area contributed by atoms with Gasteiger partial charge in [-0.3, -0.25) is 25.0 Å². The number of para-hydroxylation sites is 1. The fourth-order valence-corrected chi connectivity index (χ4v) is 5.78. The van der Waals surface area contributed by atoms with E-state index in [1.165, 1.54) is 12.1 Å². The molecule has 0 bridgehead atoms. The standard InChI is InChI=1S/C32H28F3N9O3/c1-43-13-14-44(31(46)47-17-18-7-3-2-4-8-18)16-24(43)23-15-25(38-29-19-9-5-6-10-21(19)39-41-29)37-28(36-23)20-11-12-22-26(30(45)42-40-22)27(20)32(33,34)35/h2-12,15,24H,13-14,16-17H2,1H3,(H2,40,42,45)(H2,36,37,38,39,41). The SMILES string of the molecule is CN1CCN(C(=O)OCc2ccccc2)CC1c1cc(Nc2n[nH]c3ccccc23)nc(-c2ccc3[nH][nH]c(=O)c3c2C(F)(F)F)n1. The number of carbonyl (C=O) groups excluding carboxylic acids is 1. The van der Waals surface area contributed by atoms with E-state index in [1.54, 1.807) is 11.0 Å². The predicted molar refractivity (Wildman–Crippen MR) is 168 cm³/mol. The Morgan fingerprint density at radius 2 is 1.79 bits per heavy atom. The minimum absolute atomic E-state index is 0.000224. The molecular weight excluding hydrogens is 615 g/mol. The Labute approximate surface area is 264 Å². The zero-order valence-corrected chi connectivity index (χ0v) is 24.9. The van der Waals surface area contributed by atoms with Crippen molar-refractivity contribution in [3.63, 3.8) is 0 Å². The van der Waals surface area contributed by atoms with Crippen LogP contribution in [0.5, 0.6) is 0 Å². The average molecular weight is 644 g/mol. The Kier molecular flexibility index (Phi) is 7.60. The van der Waals surface area contributed by atoms with Gasteiger partial charge in [0.05, 0.1) is 33.7 Å². The molecule has 3 aromatic carbocycles. The molecule has 0 saturated carbocycles. The summed E-state index contributed by atoms with van der Waals surface area (Å²) in [6.45, 7) is 1.10. The first-order chi connectivity index (χ1) is 22.7. The number of nitrogens with zero attached hydrogens (tertiary/aromatic N) is 5. The van der Waals surface area contributed by atoms with E-state index in [-0.39, 0.29) is 35.9 Å². The topological polar surface area (TPSA) is 148 Å². The minimum atomic E-state index is -4.91. The largest absolute Gasteiger partial charge is 0.445 e. The number of ether oxygens (including phenoxy) is 1. The van der Waals surface area contributed by atoms with E-state index in [2.05, 4.69) is 35.7 Å². The van der Waals surface area contributed by atoms with Crippen LogP contribution in [-0.4, -0.2) is 72.9 Å². The van der Waals surface area contributed by atoms with Crippen LogP contribution in [0.3, 0.4) is 0 Å². The van der Waals surface area contributed by atoms with Crippen LogP contribution >= 0.6 is 0 Å². The number of hydrogen-bond donors (Lipinski definition) is 4. The first-order valence-corrected chi connectivity index (χ1v) is 14.7. The average Bonchev–Trinajstić information content (AvgIpc) is 3.66. The van der Waals surface area contributed by atoms with E-state index in [1.807, 2.05) is 66.5 Å². The van der Waals surface area contributed by atoms with Crippen molar-refractivity contribution in [3.05, 3.63) is 100.0 Å². The van der Waals surface area contributed by atoms with Crippen LogP contribution in [0, 0.1) is 0 Å². The number of amides is 1. The highest BCUT2D eigenvalue weighted by molar-refractivity contribution is 5.91. The first kappa shape index (κ1) is 30.0. The lowest BCUT2D eigenvalue weighted by molar-refractivity contribution is -0.135. The molecule has 12 nitrogen and oxygen atoms in total. The van der Waals surface area contributed by atoms with E-state index in [4.69, 9.17) is 4.74 Å². The monoisotopic (exact) mass is 643 g/mol. The molecule has 4 heterocycles. The number of aromatic amines is 3. The lowest BCUT2D eigenvalue weighted by atomic mass is 10.0. The Bertz CT molecular complexity index is 2140. The highest BCUT2D eigenvalue weighted by atomic mass is 19.4. The number of rotatable bonds is 6. The number of likely N-dealkylation sites (N-methyl/N-ethyl adjacent to an activating group) is 1. The van der Waals surface area contributed by atoms with Gasteiger partial charge in [-0.1, -0.05) is 42.5 Å². The summed E-state index contributed by atoms with van der Waals surface area (Å²) in [5.74, 6) is 0.334. The van der Waals surface area contributed by atoms with Gasteiger partial charge in [-0.05, 0) is 36.9 Å². The Morgan fingerprint density at radius 1 is 1.00 bits per heavy atom. The molecule has 6 aromatic rings. The highest BCUT2D eigenvalue weighted by Crippen LogP contribution is 2.40. The van der Waals surface area contributed by atoms with Crippen LogP contribution in [0.15, 0.2) is 77.6 Å². The molecule has 0 aliphatic carbocycles. The van der Waals surface area contributed by atoms with E-state index in [0.29, 0.717) is 24.6 Å². The van der Waals surface area contributed by atoms with Gasteiger partial charge in [0.15, 0.2) is 11.6 Å². The summed E-state index contributed by atoms with van der Waals surface area (Å²) in [5, 5.41) is 15.3. The number of aromatic nitrogens is 6. The summed E-state index contributed by atoms with van der Waals surface area (Å²) in [6.07, 6.45) is -5.42. The van der Waals surface area contributed by atoms with E-state index in [9.17, 15) is 22.8 Å². The van der Waals surface area contributed by atoms with Crippen molar-refractivity contribution in [2.24, 2.45) is 0 Å². The zero-order valence-electron chi connectivity index (χ0n) is 24.9. The van der Waals surface area contributed by atoms with Crippen molar-refractivity contribution in [2.45, 2.75) is 18.8 Å². The second kappa shape index (κ2) is 11.9. The first-order valence-electron chi connectivity index (χ1n) is 14.7. The zero-order chi connectivity index (χ0) is 32.7. The number of halogens is 3. The third-order valence-corrected chi connectivity index (χ3v) is 8.18. The molecule has 1 unspecified atom stereocenters. The van der Waals surface area contributed by atoms with Gasteiger partial charge in [-0.25, -0.2) is 14.8 Å². The second-order valence-electron chi connectivity index (χ2n) is 11.2. The van der Waals surface area contributed by atoms with Crippen LogP contribution in [-0.2, 0) is 17.5 Å². The third kappa shape index (κ3) is 5.88. The van der Waals surface area contributed by atoms with E-state index in [0.717, 1.165) is 16.5 Å². The molecule has 1 saturated heterocycles. The fraction of sp³-hybridized carbons (Fsp3) is 0.219. The maximum atomic E-state index is 14.6. The predicted octanol–water partition coefficient (Wildman–Crippen LogP) is 5.58.